The van der Waals surface area contributed by atoms with E-state index in [1.54, 1.807) is 35.1 Å². The van der Waals surface area contributed by atoms with E-state index < -0.39 is 0 Å². The van der Waals surface area contributed by atoms with Gasteiger partial charge in [0.25, 0.3) is 5.91 Å². The minimum Gasteiger partial charge on any atom is -0.297 e. The van der Waals surface area contributed by atoms with Crippen molar-refractivity contribution in [1.29, 1.82) is 0 Å². The standard InChI is InChI=1S/C19H14FN5OS/c1-12-10-21-25(11-12)16-8-4-14(5-9-16)18(26)23-19-22-17(24-27-19)13-2-6-15(20)7-3-13/h2-11H,1H3,(H,22,23,24,26). The first kappa shape index (κ1) is 17.0. The van der Waals surface area contributed by atoms with E-state index >= 15 is 0 Å². The van der Waals surface area contributed by atoms with Crippen LogP contribution in [0.1, 0.15) is 15.9 Å². The minimum atomic E-state index is -0.323. The Labute approximate surface area is 158 Å². The second-order valence-electron chi connectivity index (χ2n) is 5.89. The number of hydrogen-bond acceptors (Lipinski definition) is 5. The lowest BCUT2D eigenvalue weighted by Crippen LogP contribution is -2.11. The smallest absolute Gasteiger partial charge is 0.257 e. The summed E-state index contributed by atoms with van der Waals surface area (Å²) in [5, 5.41) is 7.35. The molecular formula is C19H14FN5OS. The molecule has 2 aromatic heterocycles. The fourth-order valence-corrected chi connectivity index (χ4v) is 3.06. The molecule has 0 fully saturated rings. The van der Waals surface area contributed by atoms with Crippen molar-refractivity contribution in [2.75, 3.05) is 5.32 Å². The van der Waals surface area contributed by atoms with E-state index in [4.69, 9.17) is 0 Å². The van der Waals surface area contributed by atoms with Gasteiger partial charge >= 0.3 is 0 Å². The molecule has 0 radical (unpaired) electrons. The van der Waals surface area contributed by atoms with Gasteiger partial charge in [-0.25, -0.2) is 9.07 Å². The third-order valence-electron chi connectivity index (χ3n) is 3.85. The minimum absolute atomic E-state index is 0.278. The van der Waals surface area contributed by atoms with E-state index in [1.807, 2.05) is 25.3 Å². The van der Waals surface area contributed by atoms with Gasteiger partial charge in [0.2, 0.25) is 5.13 Å². The average molecular weight is 379 g/mol. The predicted molar refractivity (Wildman–Crippen MR) is 102 cm³/mol. The highest BCUT2D eigenvalue weighted by molar-refractivity contribution is 7.10. The summed E-state index contributed by atoms with van der Waals surface area (Å²) >= 11 is 1.07. The van der Waals surface area contributed by atoms with Crippen LogP contribution in [0.2, 0.25) is 0 Å². The summed E-state index contributed by atoms with van der Waals surface area (Å²) in [4.78, 5) is 16.7. The van der Waals surface area contributed by atoms with E-state index in [0.29, 0.717) is 22.1 Å². The largest absolute Gasteiger partial charge is 0.297 e. The van der Waals surface area contributed by atoms with Crippen LogP contribution in [0.5, 0.6) is 0 Å². The molecule has 2 heterocycles. The van der Waals surface area contributed by atoms with Crippen molar-refractivity contribution in [2.45, 2.75) is 6.92 Å². The lowest BCUT2D eigenvalue weighted by atomic mass is 10.2. The van der Waals surface area contributed by atoms with E-state index in [2.05, 4.69) is 19.8 Å². The summed E-state index contributed by atoms with van der Waals surface area (Å²) in [5.41, 5.74) is 3.12. The first-order valence-electron chi connectivity index (χ1n) is 8.11. The molecular weight excluding hydrogens is 365 g/mol. The molecule has 0 bridgehead atoms. The maximum absolute atomic E-state index is 13.0. The third kappa shape index (κ3) is 3.75. The monoisotopic (exact) mass is 379 g/mol. The molecule has 0 unspecified atom stereocenters. The SMILES string of the molecule is Cc1cnn(-c2ccc(C(=O)Nc3nc(-c4ccc(F)cc4)ns3)cc2)c1. The number of hydrogen-bond donors (Lipinski definition) is 1. The Kier molecular flexibility index (Phi) is 4.47. The molecule has 0 saturated carbocycles. The fraction of sp³-hybridized carbons (Fsp3) is 0.0526. The highest BCUT2D eigenvalue weighted by atomic mass is 32.1. The Hall–Kier alpha value is -3.39. The lowest BCUT2D eigenvalue weighted by Gasteiger charge is -2.04. The molecule has 4 aromatic rings. The summed E-state index contributed by atoms with van der Waals surface area (Å²) in [6.45, 7) is 1.97. The van der Waals surface area contributed by atoms with Crippen LogP contribution in [0.3, 0.4) is 0 Å². The van der Waals surface area contributed by atoms with Gasteiger partial charge in [-0.3, -0.25) is 10.1 Å². The number of rotatable bonds is 4. The fourth-order valence-electron chi connectivity index (χ4n) is 2.48. The number of nitrogens with zero attached hydrogens (tertiary/aromatic N) is 4. The molecule has 134 valence electrons. The van der Waals surface area contributed by atoms with Crippen LogP contribution in [0.15, 0.2) is 60.9 Å². The van der Waals surface area contributed by atoms with E-state index in [0.717, 1.165) is 22.8 Å². The molecule has 27 heavy (non-hydrogen) atoms. The molecule has 0 aliphatic rings. The van der Waals surface area contributed by atoms with Crippen LogP contribution >= 0.6 is 11.5 Å². The Morgan fingerprint density at radius 3 is 2.52 bits per heavy atom. The number of benzene rings is 2. The first-order valence-corrected chi connectivity index (χ1v) is 8.88. The predicted octanol–water partition coefficient (Wildman–Crippen LogP) is 4.09. The number of amides is 1. The summed E-state index contributed by atoms with van der Waals surface area (Å²) < 4.78 is 19.0. The van der Waals surface area contributed by atoms with Gasteiger partial charge in [0.1, 0.15) is 5.82 Å². The summed E-state index contributed by atoms with van der Waals surface area (Å²) in [6, 6.07) is 13.0. The van der Waals surface area contributed by atoms with Crippen molar-refractivity contribution < 1.29 is 9.18 Å². The zero-order valence-corrected chi connectivity index (χ0v) is 15.1. The quantitative estimate of drug-likeness (QED) is 0.580. The van der Waals surface area contributed by atoms with Gasteiger partial charge in [-0.2, -0.15) is 14.5 Å². The maximum Gasteiger partial charge on any atom is 0.257 e. The van der Waals surface area contributed by atoms with Gasteiger partial charge in [0.05, 0.1) is 11.9 Å². The number of halogens is 1. The Bertz CT molecular complexity index is 1090. The lowest BCUT2D eigenvalue weighted by molar-refractivity contribution is 0.102. The van der Waals surface area contributed by atoms with Crippen LogP contribution in [-0.2, 0) is 0 Å². The molecule has 0 aliphatic carbocycles. The van der Waals surface area contributed by atoms with Gasteiger partial charge in [-0.05, 0) is 61.0 Å². The number of anilines is 1. The molecule has 4 rings (SSSR count). The van der Waals surface area contributed by atoms with Crippen molar-refractivity contribution in [3.63, 3.8) is 0 Å². The molecule has 0 saturated heterocycles. The topological polar surface area (TPSA) is 72.7 Å². The maximum atomic E-state index is 13.0. The molecule has 8 heteroatoms. The molecule has 0 spiro atoms. The van der Waals surface area contributed by atoms with Gasteiger partial charge in [-0.15, -0.1) is 0 Å². The third-order valence-corrected chi connectivity index (χ3v) is 4.49. The molecule has 1 N–H and O–H groups in total. The summed E-state index contributed by atoms with van der Waals surface area (Å²) in [5.74, 6) is -0.157. The zero-order chi connectivity index (χ0) is 18.8. The average Bonchev–Trinajstić information content (AvgIpc) is 3.32. The van der Waals surface area contributed by atoms with Gasteiger partial charge in [0, 0.05) is 28.9 Å². The summed E-state index contributed by atoms with van der Waals surface area (Å²) in [6.07, 6.45) is 3.68. The second kappa shape index (κ2) is 7.08. The van der Waals surface area contributed by atoms with Crippen LogP contribution in [0.25, 0.3) is 17.1 Å². The molecule has 6 nitrogen and oxygen atoms in total. The highest BCUT2D eigenvalue weighted by Crippen LogP contribution is 2.22. The van der Waals surface area contributed by atoms with Gasteiger partial charge in [-0.1, -0.05) is 0 Å². The van der Waals surface area contributed by atoms with Gasteiger partial charge in [0.15, 0.2) is 5.82 Å². The number of nitrogens with one attached hydrogen (secondary N) is 1. The molecule has 1 amide bonds. The number of aromatic nitrogens is 4. The van der Waals surface area contributed by atoms with E-state index in [9.17, 15) is 9.18 Å². The molecule has 0 aliphatic heterocycles. The number of carbonyl (C=O) groups is 1. The van der Waals surface area contributed by atoms with Crippen LogP contribution in [-0.4, -0.2) is 25.0 Å². The van der Waals surface area contributed by atoms with E-state index in [-0.39, 0.29) is 11.7 Å². The number of carbonyl (C=O) groups excluding carboxylic acids is 1. The normalized spacial score (nSPS) is 10.7. The number of aryl methyl sites for hydroxylation is 1. The Morgan fingerprint density at radius 1 is 1.11 bits per heavy atom. The Balaban J connectivity index is 1.47. The van der Waals surface area contributed by atoms with Crippen molar-refractivity contribution in [3.05, 3.63) is 77.9 Å². The van der Waals surface area contributed by atoms with Gasteiger partial charge < -0.3 is 0 Å². The van der Waals surface area contributed by atoms with E-state index in [1.165, 1.54) is 12.1 Å². The Morgan fingerprint density at radius 2 is 1.85 bits per heavy atom. The second-order valence-corrected chi connectivity index (χ2v) is 6.65. The molecule has 2 aromatic carbocycles. The van der Waals surface area contributed by atoms with Crippen molar-refractivity contribution >= 4 is 22.6 Å². The first-order chi connectivity index (χ1) is 13.1. The zero-order valence-electron chi connectivity index (χ0n) is 14.3. The summed E-state index contributed by atoms with van der Waals surface area (Å²) in [7, 11) is 0. The van der Waals surface area contributed by atoms with Crippen LogP contribution in [0, 0.1) is 12.7 Å². The molecule has 0 atom stereocenters. The van der Waals surface area contributed by atoms with Crippen molar-refractivity contribution in [1.82, 2.24) is 19.1 Å². The van der Waals surface area contributed by atoms with Crippen LogP contribution < -0.4 is 5.32 Å². The highest BCUT2D eigenvalue weighted by Gasteiger charge is 2.12. The van der Waals surface area contributed by atoms with Crippen LogP contribution in [0.4, 0.5) is 9.52 Å². The van der Waals surface area contributed by atoms with Crippen molar-refractivity contribution in [2.24, 2.45) is 0 Å². The van der Waals surface area contributed by atoms with Crippen molar-refractivity contribution in [3.8, 4) is 17.1 Å².